The van der Waals surface area contributed by atoms with E-state index in [1.54, 1.807) is 31.2 Å². The molecule has 2 heterocycles. The number of aryl methyl sites for hydroxylation is 2. The van der Waals surface area contributed by atoms with Gasteiger partial charge >= 0.3 is 0 Å². The van der Waals surface area contributed by atoms with Crippen LogP contribution in [0.3, 0.4) is 0 Å². The minimum Gasteiger partial charge on any atom is -0.495 e. The normalized spacial score (nSPS) is 14.7. The molecular weight excluding hydrogens is 396 g/mol. The number of nitrogens with zero attached hydrogens (tertiary/aromatic N) is 3. The Morgan fingerprint density at radius 3 is 2.66 bits per heavy atom. The van der Waals surface area contributed by atoms with Crippen molar-refractivity contribution in [2.45, 2.75) is 18.7 Å². The number of methoxy groups -OCH3 is 1. The van der Waals surface area contributed by atoms with Crippen molar-refractivity contribution in [3.05, 3.63) is 35.7 Å². The summed E-state index contributed by atoms with van der Waals surface area (Å²) in [7, 11) is -2.28. The van der Waals surface area contributed by atoms with Gasteiger partial charge in [0, 0.05) is 25.7 Å². The van der Waals surface area contributed by atoms with Gasteiger partial charge in [-0.15, -0.1) is 0 Å². The summed E-state index contributed by atoms with van der Waals surface area (Å²) in [4.78, 5) is 10.9. The van der Waals surface area contributed by atoms with Crippen LogP contribution < -0.4 is 19.1 Å². The highest BCUT2D eigenvalue weighted by Gasteiger charge is 2.19. The van der Waals surface area contributed by atoms with Crippen LogP contribution in [0.5, 0.6) is 11.6 Å². The molecule has 1 aromatic heterocycles. The highest BCUT2D eigenvalue weighted by molar-refractivity contribution is 7.89. The summed E-state index contributed by atoms with van der Waals surface area (Å²) in [5, 5.41) is 0. The van der Waals surface area contributed by atoms with Crippen LogP contribution in [0.2, 0.25) is 0 Å². The van der Waals surface area contributed by atoms with E-state index in [1.165, 1.54) is 7.11 Å². The van der Waals surface area contributed by atoms with E-state index >= 15 is 0 Å². The zero-order chi connectivity index (χ0) is 20.9. The first-order chi connectivity index (χ1) is 13.9. The average molecular weight is 423 g/mol. The molecule has 0 unspecified atom stereocenters. The number of sulfonamides is 1. The fraction of sp³-hybridized carbons (Fsp3) is 0.474. The van der Waals surface area contributed by atoms with Crippen LogP contribution in [-0.4, -0.2) is 65.0 Å². The van der Waals surface area contributed by atoms with Crippen molar-refractivity contribution in [1.29, 1.82) is 0 Å². The Balaban J connectivity index is 1.60. The van der Waals surface area contributed by atoms with Crippen LogP contribution in [0.25, 0.3) is 0 Å². The molecule has 1 aliphatic heterocycles. The first-order valence-electron chi connectivity index (χ1n) is 9.34. The van der Waals surface area contributed by atoms with E-state index in [0.29, 0.717) is 30.7 Å². The zero-order valence-corrected chi connectivity index (χ0v) is 17.7. The first-order valence-corrected chi connectivity index (χ1v) is 10.8. The van der Waals surface area contributed by atoms with E-state index in [9.17, 15) is 8.42 Å². The molecule has 1 N–H and O–H groups in total. The van der Waals surface area contributed by atoms with Crippen molar-refractivity contribution in [3.63, 3.8) is 0 Å². The van der Waals surface area contributed by atoms with Crippen molar-refractivity contribution in [2.75, 3.05) is 51.5 Å². The Hall–Kier alpha value is -2.43. The molecule has 29 heavy (non-hydrogen) atoms. The van der Waals surface area contributed by atoms with Crippen LogP contribution in [0.1, 0.15) is 11.4 Å². The number of ether oxygens (including phenoxy) is 3. The molecule has 0 aliphatic carbocycles. The zero-order valence-electron chi connectivity index (χ0n) is 16.8. The number of morpholine rings is 1. The summed E-state index contributed by atoms with van der Waals surface area (Å²) < 4.78 is 43.9. The fourth-order valence-electron chi connectivity index (χ4n) is 2.96. The topological polar surface area (TPSA) is 103 Å². The SMILES string of the molecule is COc1ccc(C)cc1S(=O)(=O)NCCOc1cc(N2CCOCC2)nc(C)n1. The third kappa shape index (κ3) is 5.55. The fourth-order valence-corrected chi connectivity index (χ4v) is 4.22. The predicted molar refractivity (Wildman–Crippen MR) is 108 cm³/mol. The summed E-state index contributed by atoms with van der Waals surface area (Å²) in [6.45, 7) is 6.67. The lowest BCUT2D eigenvalue weighted by atomic mass is 10.2. The predicted octanol–water partition coefficient (Wildman–Crippen LogP) is 1.30. The molecule has 0 bridgehead atoms. The molecule has 0 amide bonds. The van der Waals surface area contributed by atoms with E-state index in [1.807, 2.05) is 6.92 Å². The minimum atomic E-state index is -3.72. The third-order valence-corrected chi connectivity index (χ3v) is 5.87. The quantitative estimate of drug-likeness (QED) is 0.635. The van der Waals surface area contributed by atoms with Crippen LogP contribution in [-0.2, 0) is 14.8 Å². The van der Waals surface area contributed by atoms with Crippen molar-refractivity contribution >= 4 is 15.8 Å². The maximum atomic E-state index is 12.6. The molecule has 158 valence electrons. The Labute approximate surface area is 171 Å². The number of anilines is 1. The van der Waals surface area contributed by atoms with E-state index in [0.717, 1.165) is 24.5 Å². The average Bonchev–Trinajstić information content (AvgIpc) is 2.71. The van der Waals surface area contributed by atoms with E-state index in [-0.39, 0.29) is 18.0 Å². The van der Waals surface area contributed by atoms with Gasteiger partial charge < -0.3 is 19.1 Å². The van der Waals surface area contributed by atoms with Crippen LogP contribution in [0.15, 0.2) is 29.2 Å². The van der Waals surface area contributed by atoms with Crippen molar-refractivity contribution in [1.82, 2.24) is 14.7 Å². The molecule has 0 atom stereocenters. The lowest BCUT2D eigenvalue weighted by molar-refractivity contribution is 0.122. The minimum absolute atomic E-state index is 0.0926. The van der Waals surface area contributed by atoms with Crippen LogP contribution >= 0.6 is 0 Å². The van der Waals surface area contributed by atoms with Gasteiger partial charge in [-0.25, -0.2) is 18.1 Å². The Bertz CT molecular complexity index is 946. The Morgan fingerprint density at radius 1 is 1.17 bits per heavy atom. The first kappa shape index (κ1) is 21.3. The molecule has 0 radical (unpaired) electrons. The molecule has 0 saturated carbocycles. The van der Waals surface area contributed by atoms with Gasteiger partial charge in [0.15, 0.2) is 0 Å². The molecule has 2 aromatic rings. The largest absolute Gasteiger partial charge is 0.495 e. The second-order valence-electron chi connectivity index (χ2n) is 6.61. The van der Waals surface area contributed by atoms with Gasteiger partial charge in [0.05, 0.1) is 20.3 Å². The van der Waals surface area contributed by atoms with E-state index < -0.39 is 10.0 Å². The number of nitrogens with one attached hydrogen (secondary N) is 1. The van der Waals surface area contributed by atoms with Crippen LogP contribution in [0, 0.1) is 13.8 Å². The lowest BCUT2D eigenvalue weighted by Crippen LogP contribution is -2.37. The smallest absolute Gasteiger partial charge is 0.244 e. The van der Waals surface area contributed by atoms with Gasteiger partial charge in [0.2, 0.25) is 15.9 Å². The molecule has 0 spiro atoms. The molecule has 10 heteroatoms. The van der Waals surface area contributed by atoms with Crippen molar-refractivity contribution < 1.29 is 22.6 Å². The number of hydrogen-bond acceptors (Lipinski definition) is 8. The van der Waals surface area contributed by atoms with Gasteiger partial charge in [-0.05, 0) is 31.5 Å². The summed E-state index contributed by atoms with van der Waals surface area (Å²) in [6.07, 6.45) is 0. The Kier molecular flexibility index (Phi) is 6.88. The highest BCUT2D eigenvalue weighted by atomic mass is 32.2. The maximum Gasteiger partial charge on any atom is 0.244 e. The lowest BCUT2D eigenvalue weighted by Gasteiger charge is -2.28. The molecule has 1 aliphatic rings. The second kappa shape index (κ2) is 9.38. The number of benzene rings is 1. The Morgan fingerprint density at radius 2 is 1.93 bits per heavy atom. The summed E-state index contributed by atoms with van der Waals surface area (Å²) >= 11 is 0. The standard InChI is InChI=1S/C19H26N4O5S/c1-14-4-5-16(26-3)17(12-14)29(24,25)20-6-9-28-19-13-18(21-15(2)22-19)23-7-10-27-11-8-23/h4-5,12-13,20H,6-11H2,1-3H3. The molecule has 9 nitrogen and oxygen atoms in total. The molecule has 1 saturated heterocycles. The summed E-state index contributed by atoms with van der Waals surface area (Å²) in [5.41, 5.74) is 0.828. The van der Waals surface area contributed by atoms with Gasteiger partial charge in [0.1, 0.15) is 28.9 Å². The van der Waals surface area contributed by atoms with Gasteiger partial charge in [-0.2, -0.15) is 4.98 Å². The maximum absolute atomic E-state index is 12.6. The van der Waals surface area contributed by atoms with Gasteiger partial charge in [-0.3, -0.25) is 0 Å². The number of aromatic nitrogens is 2. The monoisotopic (exact) mass is 422 g/mol. The van der Waals surface area contributed by atoms with Gasteiger partial charge in [0.25, 0.3) is 0 Å². The highest BCUT2D eigenvalue weighted by Crippen LogP contribution is 2.24. The van der Waals surface area contributed by atoms with Gasteiger partial charge in [-0.1, -0.05) is 6.07 Å². The second-order valence-corrected chi connectivity index (χ2v) is 8.35. The molecule has 1 fully saturated rings. The third-order valence-electron chi connectivity index (χ3n) is 4.39. The van der Waals surface area contributed by atoms with E-state index in [2.05, 4.69) is 19.6 Å². The molecular formula is C19H26N4O5S. The van der Waals surface area contributed by atoms with Crippen molar-refractivity contribution in [2.24, 2.45) is 0 Å². The molecule has 3 rings (SSSR count). The summed E-state index contributed by atoms with van der Waals surface area (Å²) in [6, 6.07) is 6.77. The van der Waals surface area contributed by atoms with Crippen molar-refractivity contribution in [3.8, 4) is 11.6 Å². The summed E-state index contributed by atoms with van der Waals surface area (Å²) in [5.74, 6) is 2.08. The van der Waals surface area contributed by atoms with E-state index in [4.69, 9.17) is 14.2 Å². The number of rotatable bonds is 8. The number of hydrogen-bond donors (Lipinski definition) is 1. The van der Waals surface area contributed by atoms with Crippen LogP contribution in [0.4, 0.5) is 5.82 Å². The molecule has 1 aromatic carbocycles.